The van der Waals surface area contributed by atoms with Gasteiger partial charge in [0.05, 0.1) is 0 Å². The van der Waals surface area contributed by atoms with Crippen LogP contribution in [-0.4, -0.2) is 11.7 Å². The van der Waals surface area contributed by atoms with Gasteiger partial charge in [0.15, 0.2) is 0 Å². The molecule has 3 heteroatoms. The largest absolute Gasteiger partial charge is 0.490 e. The van der Waals surface area contributed by atoms with Gasteiger partial charge in [0.25, 0.3) is 0 Å². The van der Waals surface area contributed by atoms with Gasteiger partial charge in [0, 0.05) is 6.07 Å². The summed E-state index contributed by atoms with van der Waals surface area (Å²) in [5, 5.41) is 10.2. The molecular formula is C17H19FO2. The molecule has 0 fully saturated rings. The van der Waals surface area contributed by atoms with Gasteiger partial charge in [-0.1, -0.05) is 29.8 Å². The fourth-order valence-electron chi connectivity index (χ4n) is 2.13. The van der Waals surface area contributed by atoms with Crippen LogP contribution in [0.1, 0.15) is 28.4 Å². The number of benzene rings is 2. The fraction of sp³-hybridized carbons (Fsp3) is 0.294. The van der Waals surface area contributed by atoms with Crippen LogP contribution >= 0.6 is 0 Å². The Bertz CT molecular complexity index is 608. The lowest BCUT2D eigenvalue weighted by molar-refractivity contribution is 0.107. The second-order valence-corrected chi connectivity index (χ2v) is 5.10. The van der Waals surface area contributed by atoms with Gasteiger partial charge in [0.1, 0.15) is 24.3 Å². The third-order valence-corrected chi connectivity index (χ3v) is 3.34. The van der Waals surface area contributed by atoms with Crippen molar-refractivity contribution in [3.8, 4) is 5.75 Å². The van der Waals surface area contributed by atoms with Crippen molar-refractivity contribution in [2.45, 2.75) is 26.9 Å². The minimum absolute atomic E-state index is 0.104. The SMILES string of the molecule is Cc1ccc(C(O)COc2ccc(C)c(F)c2)c(C)c1. The van der Waals surface area contributed by atoms with Gasteiger partial charge in [-0.05, 0) is 43.5 Å². The first-order chi connectivity index (χ1) is 9.47. The molecule has 1 unspecified atom stereocenters. The van der Waals surface area contributed by atoms with Gasteiger partial charge in [-0.2, -0.15) is 0 Å². The van der Waals surface area contributed by atoms with Crippen LogP contribution in [0.25, 0.3) is 0 Å². The molecule has 2 rings (SSSR count). The Morgan fingerprint density at radius 2 is 1.80 bits per heavy atom. The molecule has 20 heavy (non-hydrogen) atoms. The second kappa shape index (κ2) is 6.06. The molecule has 0 spiro atoms. The normalized spacial score (nSPS) is 12.2. The summed E-state index contributed by atoms with van der Waals surface area (Å²) in [6.45, 7) is 5.77. The lowest BCUT2D eigenvalue weighted by Crippen LogP contribution is -2.11. The standard InChI is InChI=1S/C17H19FO2/c1-11-4-7-15(13(3)8-11)17(19)10-20-14-6-5-12(2)16(18)9-14/h4-9,17,19H,10H2,1-3H3. The van der Waals surface area contributed by atoms with Crippen molar-refractivity contribution in [3.63, 3.8) is 0 Å². The van der Waals surface area contributed by atoms with E-state index in [0.717, 1.165) is 16.7 Å². The average molecular weight is 274 g/mol. The monoisotopic (exact) mass is 274 g/mol. The maximum Gasteiger partial charge on any atom is 0.129 e. The molecule has 0 saturated carbocycles. The highest BCUT2D eigenvalue weighted by Gasteiger charge is 2.11. The summed E-state index contributed by atoms with van der Waals surface area (Å²) < 4.78 is 18.8. The molecule has 2 aromatic carbocycles. The van der Waals surface area contributed by atoms with E-state index < -0.39 is 6.10 Å². The Morgan fingerprint density at radius 3 is 2.45 bits per heavy atom. The number of hydrogen-bond acceptors (Lipinski definition) is 2. The Kier molecular flexibility index (Phi) is 4.40. The molecule has 1 N–H and O–H groups in total. The molecule has 0 aliphatic rings. The fourth-order valence-corrected chi connectivity index (χ4v) is 2.13. The zero-order valence-electron chi connectivity index (χ0n) is 12.0. The number of aliphatic hydroxyl groups excluding tert-OH is 1. The third kappa shape index (κ3) is 3.36. The highest BCUT2D eigenvalue weighted by atomic mass is 19.1. The van der Waals surface area contributed by atoms with Crippen molar-refractivity contribution in [3.05, 3.63) is 64.5 Å². The van der Waals surface area contributed by atoms with Crippen molar-refractivity contribution >= 4 is 0 Å². The van der Waals surface area contributed by atoms with Crippen molar-refractivity contribution < 1.29 is 14.2 Å². The average Bonchev–Trinajstić information content (AvgIpc) is 2.40. The van der Waals surface area contributed by atoms with E-state index in [1.54, 1.807) is 19.1 Å². The van der Waals surface area contributed by atoms with Crippen LogP contribution in [0.3, 0.4) is 0 Å². The topological polar surface area (TPSA) is 29.5 Å². The highest BCUT2D eigenvalue weighted by Crippen LogP contribution is 2.21. The maximum atomic E-state index is 13.4. The number of rotatable bonds is 4. The molecule has 0 radical (unpaired) electrons. The molecule has 0 heterocycles. The second-order valence-electron chi connectivity index (χ2n) is 5.10. The van der Waals surface area contributed by atoms with Crippen molar-refractivity contribution in [2.75, 3.05) is 6.61 Å². The minimum atomic E-state index is -0.722. The van der Waals surface area contributed by atoms with Crippen molar-refractivity contribution in [2.24, 2.45) is 0 Å². The predicted octanol–water partition coefficient (Wildman–Crippen LogP) is 3.86. The van der Waals surface area contributed by atoms with Crippen molar-refractivity contribution in [1.82, 2.24) is 0 Å². The molecule has 0 bridgehead atoms. The molecule has 0 aromatic heterocycles. The predicted molar refractivity (Wildman–Crippen MR) is 77.5 cm³/mol. The zero-order chi connectivity index (χ0) is 14.7. The molecule has 106 valence electrons. The lowest BCUT2D eigenvalue weighted by atomic mass is 10.0. The number of ether oxygens (including phenoxy) is 1. The Morgan fingerprint density at radius 1 is 1.05 bits per heavy atom. The number of aryl methyl sites for hydroxylation is 3. The molecule has 0 saturated heterocycles. The Hall–Kier alpha value is -1.87. The van der Waals surface area contributed by atoms with E-state index in [-0.39, 0.29) is 12.4 Å². The first-order valence-corrected chi connectivity index (χ1v) is 6.61. The molecule has 2 nitrogen and oxygen atoms in total. The third-order valence-electron chi connectivity index (χ3n) is 3.34. The van der Waals surface area contributed by atoms with Crippen LogP contribution < -0.4 is 4.74 Å². The summed E-state index contributed by atoms with van der Waals surface area (Å²) in [7, 11) is 0. The van der Waals surface area contributed by atoms with Crippen LogP contribution in [0, 0.1) is 26.6 Å². The molecule has 0 amide bonds. The Balaban J connectivity index is 2.04. The van der Waals surface area contributed by atoms with Gasteiger partial charge in [-0.3, -0.25) is 0 Å². The minimum Gasteiger partial charge on any atom is -0.490 e. The first kappa shape index (κ1) is 14.5. The smallest absolute Gasteiger partial charge is 0.129 e. The van der Waals surface area contributed by atoms with E-state index in [2.05, 4.69) is 0 Å². The molecule has 0 aliphatic carbocycles. The lowest BCUT2D eigenvalue weighted by Gasteiger charge is -2.15. The summed E-state index contributed by atoms with van der Waals surface area (Å²) in [5.74, 6) is 0.125. The van der Waals surface area contributed by atoms with Crippen LogP contribution in [0.5, 0.6) is 5.75 Å². The number of halogens is 1. The molecular weight excluding hydrogens is 255 g/mol. The van der Waals surface area contributed by atoms with Gasteiger partial charge >= 0.3 is 0 Å². The van der Waals surface area contributed by atoms with Crippen LogP contribution in [0.15, 0.2) is 36.4 Å². The first-order valence-electron chi connectivity index (χ1n) is 6.61. The quantitative estimate of drug-likeness (QED) is 0.917. The van der Waals surface area contributed by atoms with Crippen LogP contribution in [0.4, 0.5) is 4.39 Å². The summed E-state index contributed by atoms with van der Waals surface area (Å²) in [6.07, 6.45) is -0.722. The van der Waals surface area contributed by atoms with Crippen molar-refractivity contribution in [1.29, 1.82) is 0 Å². The molecule has 1 atom stereocenters. The maximum absolute atomic E-state index is 13.4. The summed E-state index contributed by atoms with van der Waals surface area (Å²) >= 11 is 0. The van der Waals surface area contributed by atoms with E-state index in [1.807, 2.05) is 32.0 Å². The number of aliphatic hydroxyl groups is 1. The van der Waals surface area contributed by atoms with Gasteiger partial charge in [-0.25, -0.2) is 4.39 Å². The van der Waals surface area contributed by atoms with E-state index in [0.29, 0.717) is 11.3 Å². The summed E-state index contributed by atoms with van der Waals surface area (Å²) in [4.78, 5) is 0. The van der Waals surface area contributed by atoms with E-state index >= 15 is 0 Å². The van der Waals surface area contributed by atoms with Gasteiger partial charge < -0.3 is 9.84 Å². The van der Waals surface area contributed by atoms with Gasteiger partial charge in [-0.15, -0.1) is 0 Å². The molecule has 0 aliphatic heterocycles. The number of hydrogen-bond donors (Lipinski definition) is 1. The Labute approximate surface area is 118 Å². The van der Waals surface area contributed by atoms with Crippen LogP contribution in [0.2, 0.25) is 0 Å². The van der Waals surface area contributed by atoms with Crippen LogP contribution in [-0.2, 0) is 0 Å². The summed E-state index contributed by atoms with van der Waals surface area (Å²) in [5.41, 5.74) is 3.59. The van der Waals surface area contributed by atoms with E-state index in [1.165, 1.54) is 6.07 Å². The van der Waals surface area contributed by atoms with E-state index in [9.17, 15) is 9.50 Å². The van der Waals surface area contributed by atoms with Gasteiger partial charge in [0.2, 0.25) is 0 Å². The molecule has 2 aromatic rings. The van der Waals surface area contributed by atoms with E-state index in [4.69, 9.17) is 4.74 Å². The highest BCUT2D eigenvalue weighted by molar-refractivity contribution is 5.32. The zero-order valence-corrected chi connectivity index (χ0v) is 12.0. The summed E-state index contributed by atoms with van der Waals surface area (Å²) in [6, 6.07) is 10.6.